The van der Waals surface area contributed by atoms with Crippen molar-refractivity contribution in [3.05, 3.63) is 59.7 Å². The third-order valence-electron chi connectivity index (χ3n) is 3.89. The van der Waals surface area contributed by atoms with Crippen LogP contribution in [0.2, 0.25) is 0 Å². The fourth-order valence-corrected chi connectivity index (χ4v) is 2.60. The largest absolute Gasteiger partial charge is 0.416 e. The molecule has 0 unspecified atom stereocenters. The Morgan fingerprint density at radius 2 is 1.58 bits per heavy atom. The topological polar surface area (TPSA) is 66.5 Å². The predicted molar refractivity (Wildman–Crippen MR) is 87.6 cm³/mol. The highest BCUT2D eigenvalue weighted by atomic mass is 19.4. The van der Waals surface area contributed by atoms with Crippen molar-refractivity contribution in [2.24, 2.45) is 0 Å². The van der Waals surface area contributed by atoms with Crippen LogP contribution < -0.4 is 10.2 Å². The first-order chi connectivity index (χ1) is 12.3. The number of halogens is 3. The zero-order valence-electron chi connectivity index (χ0n) is 13.3. The standard InChI is InChI=1S/C18H13F3N2O3/c19-18(20,21)12-4-6-13(7-5-12)22-17(26)11-2-1-3-14(10-11)23-15(24)8-9-16(23)25/h1-7,10H,8-9H2,(H,22,26). The van der Waals surface area contributed by atoms with E-state index in [4.69, 9.17) is 0 Å². The van der Waals surface area contributed by atoms with Gasteiger partial charge in [0.1, 0.15) is 0 Å². The Labute approximate surface area is 146 Å². The summed E-state index contributed by atoms with van der Waals surface area (Å²) in [6.07, 6.45) is -4.20. The van der Waals surface area contributed by atoms with Gasteiger partial charge in [0.15, 0.2) is 0 Å². The number of anilines is 2. The summed E-state index contributed by atoms with van der Waals surface area (Å²) >= 11 is 0. The van der Waals surface area contributed by atoms with E-state index in [1.807, 2.05) is 0 Å². The molecule has 5 nitrogen and oxygen atoms in total. The number of nitrogens with zero attached hydrogens (tertiary/aromatic N) is 1. The molecule has 0 aromatic heterocycles. The van der Waals surface area contributed by atoms with Crippen molar-refractivity contribution < 1.29 is 27.6 Å². The van der Waals surface area contributed by atoms with Crippen molar-refractivity contribution in [1.82, 2.24) is 0 Å². The number of alkyl halides is 3. The summed E-state index contributed by atoms with van der Waals surface area (Å²) in [4.78, 5) is 36.9. The SMILES string of the molecule is O=C(Nc1ccc(C(F)(F)F)cc1)c1cccc(N2C(=O)CCC2=O)c1. The number of rotatable bonds is 3. The molecule has 1 fully saturated rings. The minimum atomic E-state index is -4.45. The van der Waals surface area contributed by atoms with E-state index in [1.165, 1.54) is 24.3 Å². The molecule has 0 atom stereocenters. The molecule has 2 aromatic carbocycles. The predicted octanol–water partition coefficient (Wildman–Crippen LogP) is 3.61. The molecule has 1 aliphatic rings. The highest BCUT2D eigenvalue weighted by Gasteiger charge is 2.31. The quantitative estimate of drug-likeness (QED) is 0.849. The summed E-state index contributed by atoms with van der Waals surface area (Å²) in [7, 11) is 0. The zero-order valence-corrected chi connectivity index (χ0v) is 13.3. The van der Waals surface area contributed by atoms with E-state index in [9.17, 15) is 27.6 Å². The van der Waals surface area contributed by atoms with Crippen LogP contribution in [0.3, 0.4) is 0 Å². The molecule has 0 bridgehead atoms. The van der Waals surface area contributed by atoms with Crippen LogP contribution in [-0.4, -0.2) is 17.7 Å². The molecule has 3 rings (SSSR count). The third kappa shape index (κ3) is 3.58. The van der Waals surface area contributed by atoms with Gasteiger partial charge in [0, 0.05) is 24.1 Å². The number of carbonyl (C=O) groups excluding carboxylic acids is 3. The lowest BCUT2D eigenvalue weighted by atomic mass is 10.1. The summed E-state index contributed by atoms with van der Waals surface area (Å²) < 4.78 is 37.7. The summed E-state index contributed by atoms with van der Waals surface area (Å²) in [5, 5.41) is 2.48. The normalized spacial score (nSPS) is 14.7. The third-order valence-corrected chi connectivity index (χ3v) is 3.89. The Balaban J connectivity index is 1.77. The van der Waals surface area contributed by atoms with Gasteiger partial charge in [-0.15, -0.1) is 0 Å². The number of hydrogen-bond donors (Lipinski definition) is 1. The van der Waals surface area contributed by atoms with Crippen molar-refractivity contribution in [1.29, 1.82) is 0 Å². The van der Waals surface area contributed by atoms with Gasteiger partial charge in [0.2, 0.25) is 11.8 Å². The van der Waals surface area contributed by atoms with Crippen LogP contribution in [0.15, 0.2) is 48.5 Å². The number of benzene rings is 2. The van der Waals surface area contributed by atoms with Crippen LogP contribution in [0, 0.1) is 0 Å². The lowest BCUT2D eigenvalue weighted by Gasteiger charge is -2.15. The van der Waals surface area contributed by atoms with Gasteiger partial charge in [-0.1, -0.05) is 6.07 Å². The van der Waals surface area contributed by atoms with Crippen molar-refractivity contribution >= 4 is 29.1 Å². The summed E-state index contributed by atoms with van der Waals surface area (Å²) in [6.45, 7) is 0. The molecule has 134 valence electrons. The lowest BCUT2D eigenvalue weighted by molar-refractivity contribution is -0.137. The van der Waals surface area contributed by atoms with Crippen LogP contribution >= 0.6 is 0 Å². The second-order valence-electron chi connectivity index (χ2n) is 5.70. The molecule has 0 aliphatic carbocycles. The molecule has 26 heavy (non-hydrogen) atoms. The molecule has 0 saturated carbocycles. The van der Waals surface area contributed by atoms with Gasteiger partial charge < -0.3 is 5.32 Å². The number of nitrogens with one attached hydrogen (secondary N) is 1. The Hall–Kier alpha value is -3.16. The Morgan fingerprint density at radius 1 is 0.962 bits per heavy atom. The zero-order chi connectivity index (χ0) is 18.9. The molecular weight excluding hydrogens is 349 g/mol. The Kier molecular flexibility index (Phi) is 4.50. The van der Waals surface area contributed by atoms with Gasteiger partial charge in [-0.2, -0.15) is 13.2 Å². The van der Waals surface area contributed by atoms with Crippen LogP contribution in [0.25, 0.3) is 0 Å². The van der Waals surface area contributed by atoms with Crippen LogP contribution in [0.4, 0.5) is 24.5 Å². The van der Waals surface area contributed by atoms with Crippen LogP contribution in [0.1, 0.15) is 28.8 Å². The molecule has 1 aliphatic heterocycles. The number of carbonyl (C=O) groups is 3. The van der Waals surface area contributed by atoms with Gasteiger partial charge in [-0.25, -0.2) is 0 Å². The molecule has 2 aromatic rings. The average Bonchev–Trinajstić information content (AvgIpc) is 2.93. The van der Waals surface area contributed by atoms with Gasteiger partial charge in [-0.05, 0) is 42.5 Å². The van der Waals surface area contributed by atoms with E-state index in [-0.39, 0.29) is 41.6 Å². The highest BCUT2D eigenvalue weighted by molar-refractivity contribution is 6.20. The van der Waals surface area contributed by atoms with E-state index in [1.54, 1.807) is 0 Å². The minimum Gasteiger partial charge on any atom is -0.322 e. The second kappa shape index (κ2) is 6.62. The Morgan fingerprint density at radius 3 is 2.15 bits per heavy atom. The number of hydrogen-bond acceptors (Lipinski definition) is 3. The molecule has 1 heterocycles. The fraction of sp³-hybridized carbons (Fsp3) is 0.167. The molecule has 1 N–H and O–H groups in total. The average molecular weight is 362 g/mol. The molecule has 1 saturated heterocycles. The minimum absolute atomic E-state index is 0.126. The fourth-order valence-electron chi connectivity index (χ4n) is 2.60. The number of imide groups is 1. The van der Waals surface area contributed by atoms with Crippen molar-refractivity contribution in [2.45, 2.75) is 19.0 Å². The Bertz CT molecular complexity index is 860. The highest BCUT2D eigenvalue weighted by Crippen LogP contribution is 2.30. The second-order valence-corrected chi connectivity index (χ2v) is 5.70. The van der Waals surface area contributed by atoms with Crippen molar-refractivity contribution in [2.75, 3.05) is 10.2 Å². The molecule has 8 heteroatoms. The molecule has 0 spiro atoms. The maximum atomic E-state index is 12.6. The van der Waals surface area contributed by atoms with E-state index >= 15 is 0 Å². The molecule has 0 radical (unpaired) electrons. The maximum Gasteiger partial charge on any atom is 0.416 e. The van der Waals surface area contributed by atoms with E-state index in [0.717, 1.165) is 29.2 Å². The first-order valence-corrected chi connectivity index (χ1v) is 7.70. The van der Waals surface area contributed by atoms with E-state index in [2.05, 4.69) is 5.32 Å². The van der Waals surface area contributed by atoms with Crippen LogP contribution in [0.5, 0.6) is 0 Å². The molecule has 3 amide bonds. The van der Waals surface area contributed by atoms with Crippen LogP contribution in [-0.2, 0) is 15.8 Å². The smallest absolute Gasteiger partial charge is 0.322 e. The number of amides is 3. The first-order valence-electron chi connectivity index (χ1n) is 7.70. The van der Waals surface area contributed by atoms with Gasteiger partial charge >= 0.3 is 6.18 Å². The van der Waals surface area contributed by atoms with Gasteiger partial charge in [0.05, 0.1) is 11.3 Å². The summed E-state index contributed by atoms with van der Waals surface area (Å²) in [6, 6.07) is 9.97. The first kappa shape index (κ1) is 17.7. The summed E-state index contributed by atoms with van der Waals surface area (Å²) in [5.41, 5.74) is -0.155. The van der Waals surface area contributed by atoms with E-state index < -0.39 is 17.6 Å². The van der Waals surface area contributed by atoms with Gasteiger partial charge in [0.25, 0.3) is 5.91 Å². The maximum absolute atomic E-state index is 12.6. The molecular formula is C18H13F3N2O3. The summed E-state index contributed by atoms with van der Waals surface area (Å²) in [5.74, 6) is -1.24. The monoisotopic (exact) mass is 362 g/mol. The van der Waals surface area contributed by atoms with Crippen molar-refractivity contribution in [3.8, 4) is 0 Å². The van der Waals surface area contributed by atoms with E-state index in [0.29, 0.717) is 0 Å². The van der Waals surface area contributed by atoms with Crippen molar-refractivity contribution in [3.63, 3.8) is 0 Å². The van der Waals surface area contributed by atoms with Gasteiger partial charge in [-0.3, -0.25) is 19.3 Å². The lowest BCUT2D eigenvalue weighted by Crippen LogP contribution is -2.28.